The van der Waals surface area contributed by atoms with Gasteiger partial charge in [0.15, 0.2) is 0 Å². The second-order valence-electron chi connectivity index (χ2n) is 7.72. The van der Waals surface area contributed by atoms with E-state index in [9.17, 15) is 0 Å². The van der Waals surface area contributed by atoms with Crippen molar-refractivity contribution in [2.75, 3.05) is 37.3 Å². The van der Waals surface area contributed by atoms with Crippen LogP contribution in [0.25, 0.3) is 0 Å². The summed E-state index contributed by atoms with van der Waals surface area (Å²) in [7, 11) is 0. The van der Waals surface area contributed by atoms with Crippen LogP contribution < -0.4 is 15.9 Å². The van der Waals surface area contributed by atoms with Crippen LogP contribution in [0.5, 0.6) is 0 Å². The normalized spacial score (nSPS) is 16.8. The molecule has 1 heterocycles. The summed E-state index contributed by atoms with van der Waals surface area (Å²) in [4.78, 5) is 2.64. The third-order valence-electron chi connectivity index (χ3n) is 6.04. The number of halogens is 1. The van der Waals surface area contributed by atoms with Crippen LogP contribution in [0.1, 0.15) is 6.42 Å². The SMILES string of the molecule is BrP(CCCN1CCSCC1)(c1ccccc1)(c1ccccc1)c1ccccc1. The fraction of sp³-hybridized carbons (Fsp3) is 0.280. The zero-order chi connectivity index (χ0) is 20.0. The van der Waals surface area contributed by atoms with Gasteiger partial charge < -0.3 is 0 Å². The van der Waals surface area contributed by atoms with Crippen molar-refractivity contribution in [3.63, 3.8) is 0 Å². The summed E-state index contributed by atoms with van der Waals surface area (Å²) < 4.78 is 0. The first-order valence-corrected chi connectivity index (χ1v) is 16.0. The second kappa shape index (κ2) is 9.35. The Morgan fingerprint density at radius 1 is 0.690 bits per heavy atom. The number of hydrogen-bond donors (Lipinski definition) is 0. The summed E-state index contributed by atoms with van der Waals surface area (Å²) in [5, 5.41) is 1.52. The Morgan fingerprint density at radius 3 is 1.52 bits per heavy atom. The summed E-state index contributed by atoms with van der Waals surface area (Å²) in [5.41, 5.74) is 0. The minimum atomic E-state index is -2.74. The third kappa shape index (κ3) is 4.21. The molecule has 29 heavy (non-hydrogen) atoms. The average molecular weight is 486 g/mol. The van der Waals surface area contributed by atoms with Gasteiger partial charge in [-0.3, -0.25) is 0 Å². The van der Waals surface area contributed by atoms with E-state index < -0.39 is 5.31 Å². The molecule has 0 N–H and O–H groups in total. The van der Waals surface area contributed by atoms with E-state index in [1.165, 1.54) is 53.5 Å². The maximum atomic E-state index is 4.55. The monoisotopic (exact) mass is 485 g/mol. The van der Waals surface area contributed by atoms with Gasteiger partial charge in [-0.15, -0.1) is 0 Å². The van der Waals surface area contributed by atoms with Crippen LogP contribution >= 0.6 is 32.6 Å². The van der Waals surface area contributed by atoms with E-state index in [1.807, 2.05) is 0 Å². The first-order valence-electron chi connectivity index (χ1n) is 10.4. The number of nitrogens with zero attached hydrogens (tertiary/aromatic N) is 1. The minimum absolute atomic E-state index is 1.13. The molecule has 0 spiro atoms. The summed E-state index contributed by atoms with van der Waals surface area (Å²) in [5.74, 6) is 2.54. The molecule has 0 unspecified atom stereocenters. The quantitative estimate of drug-likeness (QED) is 0.419. The summed E-state index contributed by atoms with van der Waals surface area (Å²) in [6.45, 7) is 3.63. The van der Waals surface area contributed by atoms with Gasteiger partial charge in [-0.2, -0.15) is 0 Å². The zero-order valence-corrected chi connectivity index (χ0v) is 20.1. The van der Waals surface area contributed by atoms with Crippen LogP contribution in [0.4, 0.5) is 0 Å². The molecule has 152 valence electrons. The Balaban J connectivity index is 1.80. The van der Waals surface area contributed by atoms with E-state index in [2.05, 4.69) is 123 Å². The van der Waals surface area contributed by atoms with Gasteiger partial charge in [-0.1, -0.05) is 0 Å². The fourth-order valence-corrected chi connectivity index (χ4v) is 13.1. The van der Waals surface area contributed by atoms with E-state index in [-0.39, 0.29) is 0 Å². The molecule has 0 aliphatic carbocycles. The molecule has 1 fully saturated rings. The van der Waals surface area contributed by atoms with Crippen molar-refractivity contribution in [3.8, 4) is 0 Å². The van der Waals surface area contributed by atoms with Crippen molar-refractivity contribution in [2.45, 2.75) is 6.42 Å². The van der Waals surface area contributed by atoms with Gasteiger partial charge in [-0.25, -0.2) is 0 Å². The molecule has 1 saturated heterocycles. The molecule has 0 saturated carbocycles. The molecule has 1 nitrogen and oxygen atoms in total. The molecule has 0 radical (unpaired) electrons. The molecular formula is C25H29BrNPS. The van der Waals surface area contributed by atoms with Gasteiger partial charge in [0.05, 0.1) is 0 Å². The molecule has 1 aliphatic heterocycles. The van der Waals surface area contributed by atoms with Gasteiger partial charge in [0.1, 0.15) is 0 Å². The van der Waals surface area contributed by atoms with Crippen LogP contribution in [-0.2, 0) is 0 Å². The predicted octanol–water partition coefficient (Wildman–Crippen LogP) is 5.27. The Bertz CT molecular complexity index is 798. The molecule has 3 aromatic rings. The molecular weight excluding hydrogens is 457 g/mol. The average Bonchev–Trinajstić information content (AvgIpc) is 2.81. The second-order valence-corrected chi connectivity index (χ2v) is 18.0. The Hall–Kier alpha value is -1.12. The Labute approximate surface area is 187 Å². The third-order valence-corrected chi connectivity index (χ3v) is 17.0. The standard InChI is InChI=1S/C25H29BrNPS/c26-28(23-11-4-1-5-12-23,24-13-6-2-7-14-24,25-15-8-3-9-16-25)20-10-17-27-18-21-29-22-19-27/h1-9,11-16H,10,17-22H2. The summed E-state index contributed by atoms with van der Waals surface area (Å²) >= 11 is 6.64. The molecule has 0 aromatic heterocycles. The van der Waals surface area contributed by atoms with Gasteiger partial charge in [0.2, 0.25) is 0 Å². The van der Waals surface area contributed by atoms with Crippen LogP contribution in [0, 0.1) is 0 Å². The molecule has 3 aromatic carbocycles. The van der Waals surface area contributed by atoms with Gasteiger partial charge in [0, 0.05) is 0 Å². The zero-order valence-electron chi connectivity index (χ0n) is 16.8. The van der Waals surface area contributed by atoms with Crippen molar-refractivity contribution in [3.05, 3.63) is 91.0 Å². The Morgan fingerprint density at radius 2 is 1.10 bits per heavy atom. The topological polar surface area (TPSA) is 3.24 Å². The predicted molar refractivity (Wildman–Crippen MR) is 137 cm³/mol. The van der Waals surface area contributed by atoms with Gasteiger partial charge >= 0.3 is 188 Å². The molecule has 0 amide bonds. The molecule has 0 bridgehead atoms. The maximum absolute atomic E-state index is 4.55. The van der Waals surface area contributed by atoms with E-state index in [4.69, 9.17) is 0 Å². The van der Waals surface area contributed by atoms with E-state index >= 15 is 0 Å². The van der Waals surface area contributed by atoms with Crippen LogP contribution in [0.3, 0.4) is 0 Å². The van der Waals surface area contributed by atoms with E-state index in [0.717, 1.165) is 6.16 Å². The van der Waals surface area contributed by atoms with Crippen LogP contribution in [0.15, 0.2) is 91.0 Å². The molecule has 4 rings (SSSR count). The number of rotatable bonds is 7. The van der Waals surface area contributed by atoms with Crippen molar-refractivity contribution >= 4 is 48.5 Å². The number of benzene rings is 3. The summed E-state index contributed by atoms with van der Waals surface area (Å²) in [6, 6.07) is 33.4. The number of thioether (sulfide) groups is 1. The first kappa shape index (κ1) is 21.1. The molecule has 0 atom stereocenters. The van der Waals surface area contributed by atoms with E-state index in [0.29, 0.717) is 0 Å². The van der Waals surface area contributed by atoms with Crippen LogP contribution in [0.2, 0.25) is 0 Å². The summed E-state index contributed by atoms with van der Waals surface area (Å²) in [6.07, 6.45) is 2.32. The van der Waals surface area contributed by atoms with Crippen molar-refractivity contribution in [1.29, 1.82) is 0 Å². The fourth-order valence-electron chi connectivity index (χ4n) is 4.47. The van der Waals surface area contributed by atoms with Crippen molar-refractivity contribution < 1.29 is 0 Å². The molecule has 1 aliphatic rings. The van der Waals surface area contributed by atoms with Gasteiger partial charge in [0.25, 0.3) is 0 Å². The first-order chi connectivity index (χ1) is 14.2. The van der Waals surface area contributed by atoms with Crippen molar-refractivity contribution in [2.24, 2.45) is 0 Å². The Kier molecular flexibility index (Phi) is 6.81. The molecule has 4 heteroatoms. The number of hydrogen-bond acceptors (Lipinski definition) is 2. The van der Waals surface area contributed by atoms with E-state index in [1.54, 1.807) is 0 Å². The van der Waals surface area contributed by atoms with Gasteiger partial charge in [-0.05, 0) is 0 Å². The van der Waals surface area contributed by atoms with Crippen LogP contribution in [-0.4, -0.2) is 42.2 Å². The van der Waals surface area contributed by atoms with Crippen molar-refractivity contribution in [1.82, 2.24) is 4.90 Å².